The minimum absolute atomic E-state index is 0.0194. The molecule has 1 atom stereocenters. The number of hydrogen-bond donors (Lipinski definition) is 0. The summed E-state index contributed by atoms with van der Waals surface area (Å²) in [4.78, 5) is 41.7. The van der Waals surface area contributed by atoms with Crippen LogP contribution in [0.25, 0.3) is 0 Å². The molecular weight excluding hydrogens is 685 g/mol. The molecule has 1 amide bonds. The zero-order chi connectivity index (χ0) is 39.9. The van der Waals surface area contributed by atoms with Gasteiger partial charge in [0.1, 0.15) is 6.10 Å². The van der Waals surface area contributed by atoms with Crippen molar-refractivity contribution in [2.24, 2.45) is 0 Å². The van der Waals surface area contributed by atoms with E-state index in [-0.39, 0.29) is 18.0 Å². The van der Waals surface area contributed by atoms with Gasteiger partial charge in [-0.25, -0.2) is 0 Å². The molecule has 0 aromatic carbocycles. The molecule has 0 radical (unpaired) electrons. The molecule has 1 aliphatic rings. The van der Waals surface area contributed by atoms with Crippen molar-refractivity contribution >= 4 is 17.8 Å². The molecule has 1 heterocycles. The van der Waals surface area contributed by atoms with Gasteiger partial charge in [-0.1, -0.05) is 156 Å². The first-order valence-electron chi connectivity index (χ1n) is 24.3. The smallest absolute Gasteiger partial charge is 0.306 e. The number of carbonyl (C=O) groups is 3. The van der Waals surface area contributed by atoms with E-state index >= 15 is 0 Å². The lowest BCUT2D eigenvalue weighted by Crippen LogP contribution is -2.32. The third-order valence-electron chi connectivity index (χ3n) is 11.6. The van der Waals surface area contributed by atoms with Gasteiger partial charge in [-0.3, -0.25) is 14.4 Å². The normalized spacial score (nSPS) is 13.6. The molecule has 1 aliphatic heterocycles. The lowest BCUT2D eigenvalue weighted by molar-refractivity contribution is -0.150. The average Bonchev–Trinajstić information content (AvgIpc) is 3.59. The van der Waals surface area contributed by atoms with Gasteiger partial charge in [0.2, 0.25) is 5.91 Å². The van der Waals surface area contributed by atoms with Crippen molar-refractivity contribution in [3.05, 3.63) is 0 Å². The van der Waals surface area contributed by atoms with E-state index in [2.05, 4.69) is 25.7 Å². The third-order valence-corrected chi connectivity index (χ3v) is 11.6. The van der Waals surface area contributed by atoms with Gasteiger partial charge < -0.3 is 19.3 Å². The van der Waals surface area contributed by atoms with Gasteiger partial charge in [0, 0.05) is 32.4 Å². The highest BCUT2D eigenvalue weighted by Gasteiger charge is 2.19. The Morgan fingerprint density at radius 2 is 0.982 bits per heavy atom. The molecule has 7 heteroatoms. The lowest BCUT2D eigenvalue weighted by atomic mass is 10.0. The maximum absolute atomic E-state index is 12.8. The summed E-state index contributed by atoms with van der Waals surface area (Å²) >= 11 is 0. The number of nitrogens with zero attached hydrogens (tertiary/aromatic N) is 2. The molecule has 1 saturated heterocycles. The molecular formula is C48H92N2O5. The minimum atomic E-state index is -0.0236. The number of amides is 1. The monoisotopic (exact) mass is 777 g/mol. The Labute approximate surface area is 341 Å². The van der Waals surface area contributed by atoms with E-state index in [0.29, 0.717) is 25.4 Å². The summed E-state index contributed by atoms with van der Waals surface area (Å²) in [5.74, 6) is 0.323. The summed E-state index contributed by atoms with van der Waals surface area (Å²) in [6.07, 6.45) is 39.9. The van der Waals surface area contributed by atoms with Crippen molar-refractivity contribution in [2.75, 3.05) is 39.3 Å². The van der Waals surface area contributed by atoms with E-state index in [1.807, 2.05) is 4.90 Å². The van der Waals surface area contributed by atoms with Crippen molar-refractivity contribution in [1.82, 2.24) is 9.80 Å². The molecule has 1 fully saturated rings. The number of hydrogen-bond acceptors (Lipinski definition) is 6. The topological polar surface area (TPSA) is 76.2 Å². The van der Waals surface area contributed by atoms with Gasteiger partial charge in [-0.15, -0.1) is 0 Å². The van der Waals surface area contributed by atoms with Crippen LogP contribution in [0, 0.1) is 0 Å². The van der Waals surface area contributed by atoms with Crippen molar-refractivity contribution in [3.63, 3.8) is 0 Å². The highest BCUT2D eigenvalue weighted by atomic mass is 16.5. The summed E-state index contributed by atoms with van der Waals surface area (Å²) in [5, 5.41) is 0. The molecule has 0 spiro atoms. The quantitative estimate of drug-likeness (QED) is 0.0454. The second kappa shape index (κ2) is 39.2. The summed E-state index contributed by atoms with van der Waals surface area (Å²) in [6.45, 7) is 12.4. The predicted molar refractivity (Wildman–Crippen MR) is 232 cm³/mol. The van der Waals surface area contributed by atoms with Gasteiger partial charge in [-0.05, 0) is 90.3 Å². The lowest BCUT2D eigenvalue weighted by Gasteiger charge is -2.24. The molecule has 1 unspecified atom stereocenters. The van der Waals surface area contributed by atoms with Crippen LogP contribution in [0.4, 0.5) is 0 Å². The van der Waals surface area contributed by atoms with E-state index in [0.717, 1.165) is 96.9 Å². The van der Waals surface area contributed by atoms with Crippen molar-refractivity contribution < 1.29 is 23.9 Å². The molecule has 0 aliphatic carbocycles. The van der Waals surface area contributed by atoms with Crippen LogP contribution in [0.5, 0.6) is 0 Å². The van der Waals surface area contributed by atoms with E-state index in [4.69, 9.17) is 9.47 Å². The standard InChI is InChI=1S/C48H92N2O5/c1-4-7-10-13-15-24-31-44-54-47(52)37-27-20-16-22-29-39-49(41-33-43-50-42-32-36-46(50)51)40-30-23-17-21-28-38-48(53)55-45(34-25-18-12-9-6-3)35-26-19-14-11-8-5-2/h45H,4-44H2,1-3H3. The number of likely N-dealkylation sites (tertiary alicyclic amines) is 1. The number of esters is 2. The second-order valence-electron chi connectivity index (χ2n) is 16.9. The van der Waals surface area contributed by atoms with Crippen LogP contribution < -0.4 is 0 Å². The van der Waals surface area contributed by atoms with Gasteiger partial charge >= 0.3 is 11.9 Å². The zero-order valence-electron chi connectivity index (χ0n) is 37.0. The molecule has 0 saturated carbocycles. The van der Waals surface area contributed by atoms with Gasteiger partial charge in [0.05, 0.1) is 6.61 Å². The van der Waals surface area contributed by atoms with Crippen LogP contribution in [0.2, 0.25) is 0 Å². The molecule has 0 aromatic heterocycles. The van der Waals surface area contributed by atoms with Crippen LogP contribution in [-0.2, 0) is 23.9 Å². The Balaban J connectivity index is 2.26. The molecule has 0 bridgehead atoms. The largest absolute Gasteiger partial charge is 0.466 e. The van der Waals surface area contributed by atoms with E-state index in [9.17, 15) is 14.4 Å². The number of carbonyl (C=O) groups excluding carboxylic acids is 3. The van der Waals surface area contributed by atoms with Gasteiger partial charge in [0.15, 0.2) is 0 Å². The molecule has 324 valence electrons. The zero-order valence-corrected chi connectivity index (χ0v) is 37.0. The van der Waals surface area contributed by atoms with Crippen LogP contribution in [0.3, 0.4) is 0 Å². The maximum atomic E-state index is 12.8. The molecule has 0 aromatic rings. The molecule has 1 rings (SSSR count). The fraction of sp³-hybridized carbons (Fsp3) is 0.938. The third kappa shape index (κ3) is 33.1. The number of ether oxygens (including phenoxy) is 2. The minimum Gasteiger partial charge on any atom is -0.466 e. The van der Waals surface area contributed by atoms with Crippen molar-refractivity contribution in [2.45, 2.75) is 252 Å². The summed E-state index contributed by atoms with van der Waals surface area (Å²) in [7, 11) is 0. The Hall–Kier alpha value is -1.63. The summed E-state index contributed by atoms with van der Waals surface area (Å²) < 4.78 is 11.5. The van der Waals surface area contributed by atoms with Crippen LogP contribution in [0.15, 0.2) is 0 Å². The van der Waals surface area contributed by atoms with Crippen molar-refractivity contribution in [3.8, 4) is 0 Å². The first-order chi connectivity index (χ1) is 27.0. The second-order valence-corrected chi connectivity index (χ2v) is 16.9. The predicted octanol–water partition coefficient (Wildman–Crippen LogP) is 13.3. The Morgan fingerprint density at radius 1 is 0.545 bits per heavy atom. The highest BCUT2D eigenvalue weighted by molar-refractivity contribution is 5.78. The van der Waals surface area contributed by atoms with Gasteiger partial charge in [-0.2, -0.15) is 0 Å². The fourth-order valence-corrected chi connectivity index (χ4v) is 7.98. The van der Waals surface area contributed by atoms with Crippen LogP contribution in [-0.4, -0.2) is 73.1 Å². The first kappa shape index (κ1) is 51.4. The SMILES string of the molecule is CCCCCCCCCOC(=O)CCCCCCCN(CCCCCCCC(=O)OC(CCCCCCC)CCCCCCCC)CCCN1CCCC1=O. The van der Waals surface area contributed by atoms with Crippen LogP contribution in [0.1, 0.15) is 245 Å². The fourth-order valence-electron chi connectivity index (χ4n) is 7.98. The van der Waals surface area contributed by atoms with Gasteiger partial charge in [0.25, 0.3) is 0 Å². The average molecular weight is 777 g/mol. The Morgan fingerprint density at radius 3 is 1.49 bits per heavy atom. The van der Waals surface area contributed by atoms with Crippen LogP contribution >= 0.6 is 0 Å². The Kier molecular flexibility index (Phi) is 36.6. The Bertz CT molecular complexity index is 882. The van der Waals surface area contributed by atoms with E-state index < -0.39 is 0 Å². The highest BCUT2D eigenvalue weighted by Crippen LogP contribution is 2.19. The number of unbranched alkanes of at least 4 members (excludes halogenated alkanes) is 23. The molecule has 0 N–H and O–H groups in total. The maximum Gasteiger partial charge on any atom is 0.306 e. The van der Waals surface area contributed by atoms with E-state index in [1.165, 1.54) is 148 Å². The van der Waals surface area contributed by atoms with E-state index in [1.54, 1.807) is 0 Å². The summed E-state index contributed by atoms with van der Waals surface area (Å²) in [5.41, 5.74) is 0. The molecule has 55 heavy (non-hydrogen) atoms. The summed E-state index contributed by atoms with van der Waals surface area (Å²) in [6, 6.07) is 0. The first-order valence-corrected chi connectivity index (χ1v) is 24.3. The number of rotatable bonds is 42. The molecule has 7 nitrogen and oxygen atoms in total. The van der Waals surface area contributed by atoms with Crippen molar-refractivity contribution in [1.29, 1.82) is 0 Å².